The van der Waals surface area contributed by atoms with Gasteiger partial charge < -0.3 is 15.7 Å². The van der Waals surface area contributed by atoms with E-state index in [9.17, 15) is 13.2 Å². The highest BCUT2D eigenvalue weighted by Gasteiger charge is 2.35. The number of rotatable bonds is 4. The van der Waals surface area contributed by atoms with Gasteiger partial charge in [0.05, 0.1) is 23.7 Å². The van der Waals surface area contributed by atoms with Crippen LogP contribution >= 0.6 is 0 Å². The van der Waals surface area contributed by atoms with Gasteiger partial charge in [-0.3, -0.25) is 4.79 Å². The van der Waals surface area contributed by atoms with Gasteiger partial charge in [0.25, 0.3) is 5.91 Å². The van der Waals surface area contributed by atoms with Crippen LogP contribution in [0.2, 0.25) is 0 Å². The van der Waals surface area contributed by atoms with E-state index in [-0.39, 0.29) is 36.6 Å². The van der Waals surface area contributed by atoms with E-state index >= 15 is 0 Å². The van der Waals surface area contributed by atoms with Gasteiger partial charge in [0.2, 0.25) is 0 Å². The van der Waals surface area contributed by atoms with Gasteiger partial charge in [-0.05, 0) is 18.6 Å². The number of para-hydroxylation sites is 1. The monoisotopic (exact) mass is 298 g/mol. The molecule has 0 spiro atoms. The molecule has 0 saturated carbocycles. The van der Waals surface area contributed by atoms with Crippen molar-refractivity contribution in [3.63, 3.8) is 0 Å². The number of hydrogen-bond donors (Lipinski definition) is 2. The minimum Gasteiger partial charge on any atom is -0.398 e. The summed E-state index contributed by atoms with van der Waals surface area (Å²) in [6, 6.07) is 6.26. The van der Waals surface area contributed by atoms with Crippen LogP contribution in [-0.4, -0.2) is 55.0 Å². The molecule has 0 aliphatic carbocycles. The Labute approximate surface area is 118 Å². The van der Waals surface area contributed by atoms with Gasteiger partial charge in [0.1, 0.15) is 0 Å². The molecule has 3 N–H and O–H groups in total. The summed E-state index contributed by atoms with van der Waals surface area (Å²) in [4.78, 5) is 13.9. The molecule has 7 heteroatoms. The van der Waals surface area contributed by atoms with Crippen LogP contribution in [0.1, 0.15) is 16.8 Å². The van der Waals surface area contributed by atoms with Crippen molar-refractivity contribution in [3.05, 3.63) is 29.8 Å². The predicted molar refractivity (Wildman–Crippen MR) is 76.0 cm³/mol. The van der Waals surface area contributed by atoms with Crippen LogP contribution in [0.4, 0.5) is 5.69 Å². The molecule has 1 aliphatic heterocycles. The number of aliphatic hydroxyl groups is 1. The molecule has 1 unspecified atom stereocenters. The topological polar surface area (TPSA) is 101 Å². The number of nitrogen functional groups attached to an aromatic ring is 1. The zero-order valence-corrected chi connectivity index (χ0v) is 11.8. The molecular formula is C13H18N2O4S. The van der Waals surface area contributed by atoms with Crippen molar-refractivity contribution in [2.45, 2.75) is 12.5 Å². The largest absolute Gasteiger partial charge is 0.398 e. The molecule has 1 atom stereocenters. The molecular weight excluding hydrogens is 280 g/mol. The van der Waals surface area contributed by atoms with E-state index in [0.717, 1.165) is 0 Å². The van der Waals surface area contributed by atoms with Gasteiger partial charge in [-0.25, -0.2) is 8.42 Å². The lowest BCUT2D eigenvalue weighted by atomic mass is 10.1. The zero-order chi connectivity index (χ0) is 14.8. The summed E-state index contributed by atoms with van der Waals surface area (Å²) in [6.07, 6.45) is 0.404. The molecule has 0 radical (unpaired) electrons. The molecule has 1 aliphatic rings. The fraction of sp³-hybridized carbons (Fsp3) is 0.462. The number of benzene rings is 1. The number of nitrogens with two attached hydrogens (primary N) is 1. The molecule has 1 heterocycles. The van der Waals surface area contributed by atoms with Crippen LogP contribution in [0.25, 0.3) is 0 Å². The smallest absolute Gasteiger partial charge is 0.256 e. The van der Waals surface area contributed by atoms with E-state index < -0.39 is 9.84 Å². The quantitative estimate of drug-likeness (QED) is 0.755. The van der Waals surface area contributed by atoms with Crippen molar-refractivity contribution in [1.29, 1.82) is 0 Å². The lowest BCUT2D eigenvalue weighted by molar-refractivity contribution is 0.0656. The molecule has 0 aromatic heterocycles. The summed E-state index contributed by atoms with van der Waals surface area (Å²) < 4.78 is 23.1. The standard InChI is InChI=1S/C13H18N2O4S/c14-12-4-2-1-3-11(12)13(17)15(6-7-16)10-5-8-20(18,19)9-10/h1-4,10,16H,5-9,14H2. The Morgan fingerprint density at radius 3 is 2.65 bits per heavy atom. The van der Waals surface area contributed by atoms with Crippen LogP contribution in [-0.2, 0) is 9.84 Å². The maximum absolute atomic E-state index is 12.5. The number of sulfone groups is 1. The first kappa shape index (κ1) is 14.8. The van der Waals surface area contributed by atoms with Crippen LogP contribution in [0, 0.1) is 0 Å². The summed E-state index contributed by atoms with van der Waals surface area (Å²) in [5.74, 6) is -0.304. The fourth-order valence-electron chi connectivity index (χ4n) is 2.43. The second-order valence-corrected chi connectivity index (χ2v) is 7.09. The first-order valence-corrected chi connectivity index (χ1v) is 8.23. The highest BCUT2D eigenvalue weighted by molar-refractivity contribution is 7.91. The van der Waals surface area contributed by atoms with Crippen molar-refractivity contribution in [2.75, 3.05) is 30.4 Å². The Balaban J connectivity index is 2.25. The number of aliphatic hydroxyl groups excluding tert-OH is 1. The lowest BCUT2D eigenvalue weighted by Gasteiger charge is -2.28. The number of carbonyl (C=O) groups excluding carboxylic acids is 1. The molecule has 1 amide bonds. The van der Waals surface area contributed by atoms with E-state index in [0.29, 0.717) is 17.7 Å². The lowest BCUT2D eigenvalue weighted by Crippen LogP contribution is -2.43. The number of nitrogens with zero attached hydrogens (tertiary/aromatic N) is 1. The first-order valence-electron chi connectivity index (χ1n) is 6.41. The van der Waals surface area contributed by atoms with Gasteiger partial charge in [-0.15, -0.1) is 0 Å². The average Bonchev–Trinajstić information content (AvgIpc) is 2.76. The minimum atomic E-state index is -3.09. The van der Waals surface area contributed by atoms with Crippen molar-refractivity contribution in [1.82, 2.24) is 4.90 Å². The Bertz CT molecular complexity index is 600. The Morgan fingerprint density at radius 1 is 1.40 bits per heavy atom. The second-order valence-electron chi connectivity index (χ2n) is 4.87. The maximum Gasteiger partial charge on any atom is 0.256 e. The number of amides is 1. The van der Waals surface area contributed by atoms with Crippen molar-refractivity contribution in [3.8, 4) is 0 Å². The SMILES string of the molecule is Nc1ccccc1C(=O)N(CCO)C1CCS(=O)(=O)C1. The van der Waals surface area contributed by atoms with Crippen LogP contribution in [0.15, 0.2) is 24.3 Å². The van der Waals surface area contributed by atoms with Gasteiger partial charge in [-0.1, -0.05) is 12.1 Å². The third-order valence-electron chi connectivity index (χ3n) is 3.44. The molecule has 1 fully saturated rings. The Kier molecular flexibility index (Phi) is 4.29. The van der Waals surface area contributed by atoms with Crippen LogP contribution in [0.3, 0.4) is 0 Å². The number of hydrogen-bond acceptors (Lipinski definition) is 5. The number of carbonyl (C=O) groups is 1. The highest BCUT2D eigenvalue weighted by Crippen LogP contribution is 2.21. The summed E-state index contributed by atoms with van der Waals surface area (Å²) >= 11 is 0. The van der Waals surface area contributed by atoms with E-state index in [1.54, 1.807) is 24.3 Å². The molecule has 1 aromatic carbocycles. The fourth-order valence-corrected chi connectivity index (χ4v) is 4.16. The Hall–Kier alpha value is -1.60. The molecule has 1 saturated heterocycles. The summed E-state index contributed by atoms with van der Waals surface area (Å²) in [5.41, 5.74) is 6.47. The third-order valence-corrected chi connectivity index (χ3v) is 5.19. The van der Waals surface area contributed by atoms with Crippen LogP contribution < -0.4 is 5.73 Å². The minimum absolute atomic E-state index is 0.0501. The predicted octanol–water partition coefficient (Wildman–Crippen LogP) is -0.110. The normalized spacial score (nSPS) is 20.8. The summed E-state index contributed by atoms with van der Waals surface area (Å²) in [6.45, 7) is -0.109. The van der Waals surface area contributed by atoms with E-state index in [1.807, 2.05) is 0 Å². The molecule has 1 aromatic rings. The second kappa shape index (κ2) is 5.80. The van der Waals surface area contributed by atoms with Gasteiger partial charge in [-0.2, -0.15) is 0 Å². The molecule has 0 bridgehead atoms. The van der Waals surface area contributed by atoms with Crippen molar-refractivity contribution >= 4 is 21.4 Å². The average molecular weight is 298 g/mol. The van der Waals surface area contributed by atoms with E-state index in [2.05, 4.69) is 0 Å². The molecule has 6 nitrogen and oxygen atoms in total. The van der Waals surface area contributed by atoms with E-state index in [4.69, 9.17) is 10.8 Å². The van der Waals surface area contributed by atoms with Crippen LogP contribution in [0.5, 0.6) is 0 Å². The third kappa shape index (κ3) is 3.10. The van der Waals surface area contributed by atoms with Gasteiger partial charge in [0, 0.05) is 18.3 Å². The zero-order valence-electron chi connectivity index (χ0n) is 11.0. The van der Waals surface area contributed by atoms with E-state index in [1.165, 1.54) is 4.90 Å². The van der Waals surface area contributed by atoms with Crippen molar-refractivity contribution < 1.29 is 18.3 Å². The number of anilines is 1. The molecule has 20 heavy (non-hydrogen) atoms. The maximum atomic E-state index is 12.5. The van der Waals surface area contributed by atoms with Crippen molar-refractivity contribution in [2.24, 2.45) is 0 Å². The van der Waals surface area contributed by atoms with Gasteiger partial charge >= 0.3 is 0 Å². The van der Waals surface area contributed by atoms with Gasteiger partial charge in [0.15, 0.2) is 9.84 Å². The summed E-state index contributed by atoms with van der Waals surface area (Å²) in [5, 5.41) is 9.12. The molecule has 2 rings (SSSR count). The summed E-state index contributed by atoms with van der Waals surface area (Å²) in [7, 11) is -3.09. The first-order chi connectivity index (χ1) is 9.44. The Morgan fingerprint density at radius 2 is 2.10 bits per heavy atom. The molecule has 110 valence electrons. The highest BCUT2D eigenvalue weighted by atomic mass is 32.2.